The van der Waals surface area contributed by atoms with E-state index >= 15 is 0 Å². The van der Waals surface area contributed by atoms with Crippen molar-refractivity contribution in [3.63, 3.8) is 0 Å². The first-order valence-electron chi connectivity index (χ1n) is 6.43. The maximum Gasteiger partial charge on any atom is 0.138 e. The number of halogens is 1. The Labute approximate surface area is 127 Å². The van der Waals surface area contributed by atoms with Crippen LogP contribution in [0.1, 0.15) is 31.0 Å². The molecular formula is C15H18BrN3O. The fourth-order valence-electron chi connectivity index (χ4n) is 2.00. The first-order valence-corrected chi connectivity index (χ1v) is 7.22. The SMILES string of the molecule is CC(C)Oc1cncc(C(NN)c2cccc(Br)c2)c1. The summed E-state index contributed by atoms with van der Waals surface area (Å²) in [5.74, 6) is 6.45. The van der Waals surface area contributed by atoms with Crippen LogP contribution in [0.15, 0.2) is 47.2 Å². The van der Waals surface area contributed by atoms with Gasteiger partial charge in [-0.2, -0.15) is 0 Å². The van der Waals surface area contributed by atoms with E-state index in [4.69, 9.17) is 10.6 Å². The molecule has 0 saturated heterocycles. The Morgan fingerprint density at radius 1 is 1.20 bits per heavy atom. The van der Waals surface area contributed by atoms with Crippen molar-refractivity contribution in [2.24, 2.45) is 5.84 Å². The number of rotatable bonds is 5. The van der Waals surface area contributed by atoms with Crippen LogP contribution in [0.25, 0.3) is 0 Å². The van der Waals surface area contributed by atoms with E-state index in [1.165, 1.54) is 0 Å². The lowest BCUT2D eigenvalue weighted by Gasteiger charge is -2.18. The average molecular weight is 336 g/mol. The molecule has 0 bridgehead atoms. The first-order chi connectivity index (χ1) is 9.60. The van der Waals surface area contributed by atoms with Gasteiger partial charge in [-0.1, -0.05) is 28.1 Å². The Kier molecular flexibility index (Phi) is 5.11. The molecule has 20 heavy (non-hydrogen) atoms. The van der Waals surface area contributed by atoms with Gasteiger partial charge in [0.15, 0.2) is 0 Å². The van der Waals surface area contributed by atoms with Crippen LogP contribution in [-0.2, 0) is 0 Å². The van der Waals surface area contributed by atoms with E-state index in [1.54, 1.807) is 12.4 Å². The van der Waals surface area contributed by atoms with Crippen molar-refractivity contribution >= 4 is 15.9 Å². The Balaban J connectivity index is 2.32. The summed E-state index contributed by atoms with van der Waals surface area (Å²) >= 11 is 3.47. The number of pyridine rings is 1. The molecule has 0 radical (unpaired) electrons. The number of ether oxygens (including phenoxy) is 1. The van der Waals surface area contributed by atoms with Gasteiger partial charge in [0.25, 0.3) is 0 Å². The minimum absolute atomic E-state index is 0.113. The van der Waals surface area contributed by atoms with Gasteiger partial charge < -0.3 is 4.74 Å². The van der Waals surface area contributed by atoms with E-state index < -0.39 is 0 Å². The Morgan fingerprint density at radius 3 is 2.65 bits per heavy atom. The molecule has 2 rings (SSSR count). The van der Waals surface area contributed by atoms with Gasteiger partial charge in [0.05, 0.1) is 18.3 Å². The Morgan fingerprint density at radius 2 is 2.00 bits per heavy atom. The molecule has 5 heteroatoms. The third kappa shape index (κ3) is 3.79. The molecule has 0 spiro atoms. The monoisotopic (exact) mass is 335 g/mol. The highest BCUT2D eigenvalue weighted by atomic mass is 79.9. The third-order valence-corrected chi connectivity index (χ3v) is 3.28. The molecule has 4 nitrogen and oxygen atoms in total. The van der Waals surface area contributed by atoms with Crippen LogP contribution < -0.4 is 16.0 Å². The van der Waals surface area contributed by atoms with Crippen LogP contribution in [0, 0.1) is 0 Å². The number of hydrogen-bond acceptors (Lipinski definition) is 4. The molecule has 0 aliphatic rings. The van der Waals surface area contributed by atoms with E-state index in [0.29, 0.717) is 0 Å². The molecule has 1 aromatic carbocycles. The number of nitrogens with two attached hydrogens (primary N) is 1. The first kappa shape index (κ1) is 15.0. The zero-order valence-electron chi connectivity index (χ0n) is 11.5. The van der Waals surface area contributed by atoms with Crippen molar-refractivity contribution in [2.75, 3.05) is 0 Å². The van der Waals surface area contributed by atoms with Gasteiger partial charge in [-0.05, 0) is 43.2 Å². The molecule has 1 unspecified atom stereocenters. The van der Waals surface area contributed by atoms with Crippen molar-refractivity contribution in [2.45, 2.75) is 26.0 Å². The van der Waals surface area contributed by atoms with Gasteiger partial charge in [-0.25, -0.2) is 5.43 Å². The molecule has 1 heterocycles. The molecule has 1 aromatic heterocycles. The van der Waals surface area contributed by atoms with E-state index in [1.807, 2.05) is 44.2 Å². The second kappa shape index (κ2) is 6.83. The molecule has 2 aromatic rings. The van der Waals surface area contributed by atoms with Gasteiger partial charge in [-0.15, -0.1) is 0 Å². The summed E-state index contributed by atoms with van der Waals surface area (Å²) in [6, 6.07) is 9.83. The topological polar surface area (TPSA) is 60.2 Å². The fraction of sp³-hybridized carbons (Fsp3) is 0.267. The van der Waals surface area contributed by atoms with Crippen LogP contribution in [0.3, 0.4) is 0 Å². The lowest BCUT2D eigenvalue weighted by Crippen LogP contribution is -2.29. The van der Waals surface area contributed by atoms with Crippen molar-refractivity contribution in [3.05, 3.63) is 58.3 Å². The summed E-state index contributed by atoms with van der Waals surface area (Å²) in [6.45, 7) is 3.97. The molecule has 106 valence electrons. The predicted octanol–water partition coefficient (Wildman–Crippen LogP) is 3.18. The number of nitrogens with zero attached hydrogens (tertiary/aromatic N) is 1. The summed E-state index contributed by atoms with van der Waals surface area (Å²) in [6.07, 6.45) is 3.61. The highest BCUT2D eigenvalue weighted by molar-refractivity contribution is 9.10. The Bertz CT molecular complexity index is 575. The number of nitrogens with one attached hydrogen (secondary N) is 1. The predicted molar refractivity (Wildman–Crippen MR) is 83.3 cm³/mol. The lowest BCUT2D eigenvalue weighted by molar-refractivity contribution is 0.241. The van der Waals surface area contributed by atoms with E-state index in [-0.39, 0.29) is 12.1 Å². The van der Waals surface area contributed by atoms with Crippen LogP contribution in [0.2, 0.25) is 0 Å². The summed E-state index contributed by atoms with van der Waals surface area (Å²) in [5.41, 5.74) is 4.85. The van der Waals surface area contributed by atoms with E-state index in [2.05, 4.69) is 26.3 Å². The maximum atomic E-state index is 5.70. The van der Waals surface area contributed by atoms with Crippen LogP contribution in [0.5, 0.6) is 5.75 Å². The van der Waals surface area contributed by atoms with Gasteiger partial charge >= 0.3 is 0 Å². The summed E-state index contributed by atoms with van der Waals surface area (Å²) in [4.78, 5) is 4.22. The van der Waals surface area contributed by atoms with Gasteiger partial charge in [0.1, 0.15) is 5.75 Å². The van der Waals surface area contributed by atoms with Crippen LogP contribution >= 0.6 is 15.9 Å². The molecule has 0 aliphatic carbocycles. The average Bonchev–Trinajstić information content (AvgIpc) is 2.39. The normalized spacial score (nSPS) is 12.4. The fourth-order valence-corrected chi connectivity index (χ4v) is 2.42. The standard InChI is InChI=1S/C15H18BrN3O/c1-10(2)20-14-7-12(8-18-9-14)15(19-17)11-4-3-5-13(16)6-11/h3-10,15,19H,17H2,1-2H3. The quantitative estimate of drug-likeness (QED) is 0.650. The van der Waals surface area contributed by atoms with Crippen molar-refractivity contribution < 1.29 is 4.74 Å². The molecule has 0 aliphatic heterocycles. The number of hydrogen-bond donors (Lipinski definition) is 2. The van der Waals surface area contributed by atoms with Gasteiger partial charge in [0, 0.05) is 10.7 Å². The van der Waals surface area contributed by atoms with Crippen molar-refractivity contribution in [3.8, 4) is 5.75 Å². The lowest BCUT2D eigenvalue weighted by atomic mass is 10.0. The molecule has 1 atom stereocenters. The number of hydrazine groups is 1. The minimum Gasteiger partial charge on any atom is -0.489 e. The second-order valence-electron chi connectivity index (χ2n) is 4.78. The third-order valence-electron chi connectivity index (χ3n) is 2.79. The Hall–Kier alpha value is -1.43. The highest BCUT2D eigenvalue weighted by Crippen LogP contribution is 2.26. The molecule has 0 fully saturated rings. The van der Waals surface area contributed by atoms with Crippen LogP contribution in [-0.4, -0.2) is 11.1 Å². The van der Waals surface area contributed by atoms with E-state index in [0.717, 1.165) is 21.3 Å². The molecule has 0 amide bonds. The van der Waals surface area contributed by atoms with Crippen molar-refractivity contribution in [1.29, 1.82) is 0 Å². The number of benzene rings is 1. The second-order valence-corrected chi connectivity index (χ2v) is 5.69. The van der Waals surface area contributed by atoms with Gasteiger partial charge in [0.2, 0.25) is 0 Å². The summed E-state index contributed by atoms with van der Waals surface area (Å²) < 4.78 is 6.68. The zero-order chi connectivity index (χ0) is 14.5. The molecule has 3 N–H and O–H groups in total. The van der Waals surface area contributed by atoms with E-state index in [9.17, 15) is 0 Å². The highest BCUT2D eigenvalue weighted by Gasteiger charge is 2.14. The summed E-state index contributed by atoms with van der Waals surface area (Å²) in [5, 5.41) is 0. The summed E-state index contributed by atoms with van der Waals surface area (Å²) in [7, 11) is 0. The zero-order valence-corrected chi connectivity index (χ0v) is 13.1. The van der Waals surface area contributed by atoms with Crippen LogP contribution in [0.4, 0.5) is 0 Å². The van der Waals surface area contributed by atoms with Crippen molar-refractivity contribution in [1.82, 2.24) is 10.4 Å². The minimum atomic E-state index is -0.129. The largest absolute Gasteiger partial charge is 0.489 e. The molecular weight excluding hydrogens is 318 g/mol. The number of aromatic nitrogens is 1. The maximum absolute atomic E-state index is 5.70. The molecule has 0 saturated carbocycles. The van der Waals surface area contributed by atoms with Gasteiger partial charge in [-0.3, -0.25) is 10.8 Å². The smallest absolute Gasteiger partial charge is 0.138 e.